The molecule has 1 aliphatic rings. The molecule has 4 rings (SSSR count). The number of nitriles is 1. The van der Waals surface area contributed by atoms with E-state index in [-0.39, 0.29) is 6.79 Å². The summed E-state index contributed by atoms with van der Waals surface area (Å²) in [6, 6.07) is 9.61. The van der Waals surface area contributed by atoms with Crippen LogP contribution >= 0.6 is 0 Å². The first kappa shape index (κ1) is 10.8. The van der Waals surface area contributed by atoms with Crippen molar-refractivity contribution in [1.29, 1.82) is 5.26 Å². The van der Waals surface area contributed by atoms with Gasteiger partial charge in [-0.3, -0.25) is 0 Å². The number of ether oxygens (including phenoxy) is 2. The minimum Gasteiger partial charge on any atom is -0.454 e. The van der Waals surface area contributed by atoms with Crippen molar-refractivity contribution in [3.63, 3.8) is 0 Å². The number of aromatic nitrogens is 3. The Morgan fingerprint density at radius 3 is 3.00 bits per heavy atom. The highest BCUT2D eigenvalue weighted by Crippen LogP contribution is 2.35. The van der Waals surface area contributed by atoms with Crippen molar-refractivity contribution in [1.82, 2.24) is 14.6 Å². The average molecular weight is 264 g/mol. The maximum atomic E-state index is 9.03. The first-order valence-electron chi connectivity index (χ1n) is 6.00. The van der Waals surface area contributed by atoms with Crippen LogP contribution in [0.4, 0.5) is 0 Å². The zero-order valence-electron chi connectivity index (χ0n) is 10.3. The SMILES string of the molecule is N#Cc1cnn2c(-c3ccc4c(c3)OCO4)ccnc12. The molecular weight excluding hydrogens is 256 g/mol. The Labute approximate surface area is 113 Å². The highest BCUT2D eigenvalue weighted by atomic mass is 16.7. The van der Waals surface area contributed by atoms with Crippen molar-refractivity contribution in [2.24, 2.45) is 0 Å². The van der Waals surface area contributed by atoms with Crippen LogP contribution in [0.1, 0.15) is 5.56 Å². The van der Waals surface area contributed by atoms with Gasteiger partial charge in [0, 0.05) is 11.8 Å². The summed E-state index contributed by atoms with van der Waals surface area (Å²) < 4.78 is 12.3. The fourth-order valence-corrected chi connectivity index (χ4v) is 2.24. The third-order valence-electron chi connectivity index (χ3n) is 3.19. The minimum atomic E-state index is 0.241. The van der Waals surface area contributed by atoms with Crippen LogP contribution in [-0.2, 0) is 0 Å². The van der Waals surface area contributed by atoms with Crippen LogP contribution in [0.2, 0.25) is 0 Å². The largest absolute Gasteiger partial charge is 0.454 e. The maximum Gasteiger partial charge on any atom is 0.231 e. The molecule has 3 heterocycles. The van der Waals surface area contributed by atoms with Gasteiger partial charge in [0.05, 0.1) is 11.9 Å². The van der Waals surface area contributed by atoms with Crippen LogP contribution in [0.5, 0.6) is 11.5 Å². The predicted molar refractivity (Wildman–Crippen MR) is 69.3 cm³/mol. The lowest BCUT2D eigenvalue weighted by atomic mass is 10.1. The van der Waals surface area contributed by atoms with Crippen molar-refractivity contribution in [3.8, 4) is 28.8 Å². The quantitative estimate of drug-likeness (QED) is 0.672. The molecule has 0 fully saturated rings. The van der Waals surface area contributed by atoms with Gasteiger partial charge in [-0.2, -0.15) is 10.4 Å². The first-order valence-corrected chi connectivity index (χ1v) is 6.00. The summed E-state index contributed by atoms with van der Waals surface area (Å²) in [6.45, 7) is 0.241. The van der Waals surface area contributed by atoms with E-state index in [9.17, 15) is 0 Å². The van der Waals surface area contributed by atoms with Gasteiger partial charge in [-0.25, -0.2) is 9.50 Å². The number of nitrogens with zero attached hydrogens (tertiary/aromatic N) is 4. The summed E-state index contributed by atoms with van der Waals surface area (Å²) in [4.78, 5) is 4.19. The topological polar surface area (TPSA) is 72.4 Å². The molecule has 0 radical (unpaired) electrons. The Balaban J connectivity index is 1.94. The van der Waals surface area contributed by atoms with Gasteiger partial charge in [0.2, 0.25) is 6.79 Å². The molecule has 6 heteroatoms. The number of fused-ring (bicyclic) bond motifs is 2. The number of rotatable bonds is 1. The lowest BCUT2D eigenvalue weighted by Crippen LogP contribution is -1.95. The summed E-state index contributed by atoms with van der Waals surface area (Å²) in [7, 11) is 0. The lowest BCUT2D eigenvalue weighted by Gasteiger charge is -2.05. The molecule has 0 saturated heterocycles. The van der Waals surface area contributed by atoms with Crippen LogP contribution in [0.25, 0.3) is 16.9 Å². The summed E-state index contributed by atoms with van der Waals surface area (Å²) in [5.74, 6) is 1.44. The summed E-state index contributed by atoms with van der Waals surface area (Å²) >= 11 is 0. The van der Waals surface area contributed by atoms with E-state index in [1.54, 1.807) is 10.7 Å². The standard InChI is InChI=1S/C14H8N4O2/c15-6-10-7-17-18-11(3-4-16-14(10)18)9-1-2-12-13(5-9)20-8-19-12/h1-5,7H,8H2. The molecule has 0 amide bonds. The molecule has 1 aliphatic heterocycles. The van der Waals surface area contributed by atoms with Crippen molar-refractivity contribution < 1.29 is 9.47 Å². The van der Waals surface area contributed by atoms with Crippen LogP contribution in [0, 0.1) is 11.3 Å². The van der Waals surface area contributed by atoms with Crippen molar-refractivity contribution in [2.75, 3.05) is 6.79 Å². The van der Waals surface area contributed by atoms with E-state index in [1.807, 2.05) is 24.3 Å². The smallest absolute Gasteiger partial charge is 0.231 e. The van der Waals surface area contributed by atoms with Crippen LogP contribution in [-0.4, -0.2) is 21.4 Å². The molecule has 0 aliphatic carbocycles. The molecule has 0 bridgehead atoms. The van der Waals surface area contributed by atoms with Gasteiger partial charge in [0.15, 0.2) is 17.1 Å². The molecule has 3 aromatic rings. The molecular formula is C14H8N4O2. The van der Waals surface area contributed by atoms with Crippen molar-refractivity contribution in [2.45, 2.75) is 0 Å². The fourth-order valence-electron chi connectivity index (χ4n) is 2.24. The van der Waals surface area contributed by atoms with Crippen molar-refractivity contribution in [3.05, 3.63) is 42.2 Å². The zero-order chi connectivity index (χ0) is 13.5. The van der Waals surface area contributed by atoms with Gasteiger partial charge < -0.3 is 9.47 Å². The highest BCUT2D eigenvalue weighted by Gasteiger charge is 2.16. The van der Waals surface area contributed by atoms with E-state index in [0.29, 0.717) is 17.0 Å². The summed E-state index contributed by atoms with van der Waals surface area (Å²) in [5.41, 5.74) is 2.76. The second-order valence-corrected chi connectivity index (χ2v) is 4.30. The number of benzene rings is 1. The molecule has 0 unspecified atom stereocenters. The van der Waals surface area contributed by atoms with Gasteiger partial charge in [0.25, 0.3) is 0 Å². The van der Waals surface area contributed by atoms with E-state index in [1.165, 1.54) is 6.20 Å². The fraction of sp³-hybridized carbons (Fsp3) is 0.0714. The molecule has 0 N–H and O–H groups in total. The van der Waals surface area contributed by atoms with Gasteiger partial charge in [0.1, 0.15) is 11.6 Å². The Kier molecular flexibility index (Phi) is 2.14. The molecule has 96 valence electrons. The molecule has 20 heavy (non-hydrogen) atoms. The maximum absolute atomic E-state index is 9.03. The second kappa shape index (κ2) is 3.96. The van der Waals surface area contributed by atoms with Gasteiger partial charge in [-0.15, -0.1) is 0 Å². The average Bonchev–Trinajstić information content (AvgIpc) is 3.12. The molecule has 1 aromatic carbocycles. The number of hydrogen-bond donors (Lipinski definition) is 0. The molecule has 0 saturated carbocycles. The molecule has 0 spiro atoms. The van der Waals surface area contributed by atoms with Gasteiger partial charge >= 0.3 is 0 Å². The monoisotopic (exact) mass is 264 g/mol. The second-order valence-electron chi connectivity index (χ2n) is 4.30. The minimum absolute atomic E-state index is 0.241. The van der Waals surface area contributed by atoms with Gasteiger partial charge in [-0.05, 0) is 24.3 Å². The van der Waals surface area contributed by atoms with Crippen molar-refractivity contribution >= 4 is 5.65 Å². The van der Waals surface area contributed by atoms with E-state index >= 15 is 0 Å². The highest BCUT2D eigenvalue weighted by molar-refractivity contribution is 5.68. The Morgan fingerprint density at radius 1 is 1.20 bits per heavy atom. The Bertz CT molecular complexity index is 863. The molecule has 6 nitrogen and oxygen atoms in total. The van der Waals surface area contributed by atoms with Crippen LogP contribution in [0.3, 0.4) is 0 Å². The predicted octanol–water partition coefficient (Wildman–Crippen LogP) is 2.00. The third kappa shape index (κ3) is 1.44. The molecule has 0 atom stereocenters. The number of hydrogen-bond acceptors (Lipinski definition) is 5. The lowest BCUT2D eigenvalue weighted by molar-refractivity contribution is 0.174. The summed E-state index contributed by atoms with van der Waals surface area (Å²) in [6.07, 6.45) is 3.18. The van der Waals surface area contributed by atoms with E-state index in [4.69, 9.17) is 14.7 Å². The first-order chi connectivity index (χ1) is 9.86. The van der Waals surface area contributed by atoms with E-state index < -0.39 is 0 Å². The van der Waals surface area contributed by atoms with Crippen LogP contribution in [0.15, 0.2) is 36.7 Å². The van der Waals surface area contributed by atoms with Gasteiger partial charge in [-0.1, -0.05) is 0 Å². The summed E-state index contributed by atoms with van der Waals surface area (Å²) in [5, 5.41) is 13.3. The van der Waals surface area contributed by atoms with E-state index in [0.717, 1.165) is 17.0 Å². The zero-order valence-corrected chi connectivity index (χ0v) is 10.3. The Hall–Kier alpha value is -3.07. The Morgan fingerprint density at radius 2 is 2.10 bits per heavy atom. The third-order valence-corrected chi connectivity index (χ3v) is 3.19. The van der Waals surface area contributed by atoms with E-state index in [2.05, 4.69) is 16.2 Å². The normalized spacial score (nSPS) is 12.6. The molecule has 2 aromatic heterocycles. The van der Waals surface area contributed by atoms with Crippen LogP contribution < -0.4 is 9.47 Å².